The second-order valence-electron chi connectivity index (χ2n) is 7.05. The van der Waals surface area contributed by atoms with Crippen LogP contribution in [0.4, 0.5) is 0 Å². The molecule has 4 heteroatoms. The minimum absolute atomic E-state index is 0.181. The molecule has 1 atom stereocenters. The van der Waals surface area contributed by atoms with Crippen LogP contribution in [-0.2, 0) is 22.6 Å². The molecule has 4 nitrogen and oxygen atoms in total. The molecule has 3 aromatic rings. The van der Waals surface area contributed by atoms with Gasteiger partial charge in [0.2, 0.25) is 5.91 Å². The number of rotatable bonds is 4. The molecule has 1 amide bonds. The second kappa shape index (κ2) is 7.69. The van der Waals surface area contributed by atoms with Crippen molar-refractivity contribution in [3.63, 3.8) is 0 Å². The number of carbonyl (C=O) groups excluding carboxylic acids is 1. The van der Waals surface area contributed by atoms with E-state index in [1.807, 2.05) is 84.9 Å². The molecular formula is C24H21NO3. The van der Waals surface area contributed by atoms with Gasteiger partial charge >= 0.3 is 5.97 Å². The van der Waals surface area contributed by atoms with Gasteiger partial charge in [-0.15, -0.1) is 0 Å². The van der Waals surface area contributed by atoms with Gasteiger partial charge in [0.1, 0.15) is 6.04 Å². The number of carboxylic acids is 1. The summed E-state index contributed by atoms with van der Waals surface area (Å²) in [6.07, 6.45) is 0.327. The van der Waals surface area contributed by atoms with Gasteiger partial charge in [0.15, 0.2) is 0 Å². The van der Waals surface area contributed by atoms with Crippen molar-refractivity contribution in [2.45, 2.75) is 24.9 Å². The summed E-state index contributed by atoms with van der Waals surface area (Å²) in [6, 6.07) is 26.0. The van der Waals surface area contributed by atoms with Gasteiger partial charge in [-0.25, -0.2) is 4.79 Å². The Morgan fingerprint density at radius 1 is 0.786 bits per heavy atom. The quantitative estimate of drug-likeness (QED) is 0.758. The number of fused-ring (bicyclic) bond motifs is 1. The van der Waals surface area contributed by atoms with Gasteiger partial charge in [-0.2, -0.15) is 0 Å². The Hall–Kier alpha value is -3.40. The predicted octanol–water partition coefficient (Wildman–Crippen LogP) is 3.86. The Labute approximate surface area is 164 Å². The summed E-state index contributed by atoms with van der Waals surface area (Å²) in [5, 5.41) is 9.81. The van der Waals surface area contributed by atoms with Crippen LogP contribution in [0, 0.1) is 0 Å². The summed E-state index contributed by atoms with van der Waals surface area (Å²) in [5.41, 5.74) is 3.73. The molecule has 0 spiro atoms. The lowest BCUT2D eigenvalue weighted by atomic mass is 9.87. The summed E-state index contributed by atoms with van der Waals surface area (Å²) in [7, 11) is 0. The lowest BCUT2D eigenvalue weighted by molar-refractivity contribution is -0.151. The van der Waals surface area contributed by atoms with Crippen LogP contribution in [0.2, 0.25) is 0 Å². The van der Waals surface area contributed by atoms with Crippen molar-refractivity contribution in [1.82, 2.24) is 4.90 Å². The number of hydrogen-bond acceptors (Lipinski definition) is 2. The molecule has 0 bridgehead atoms. The summed E-state index contributed by atoms with van der Waals surface area (Å²) in [4.78, 5) is 27.2. The van der Waals surface area contributed by atoms with Gasteiger partial charge in [-0.3, -0.25) is 4.79 Å². The normalized spacial score (nSPS) is 15.9. The van der Waals surface area contributed by atoms with E-state index in [-0.39, 0.29) is 5.91 Å². The molecule has 0 saturated heterocycles. The van der Waals surface area contributed by atoms with E-state index in [1.54, 1.807) is 0 Å². The van der Waals surface area contributed by atoms with E-state index in [0.717, 1.165) is 22.3 Å². The smallest absolute Gasteiger partial charge is 0.326 e. The molecular weight excluding hydrogens is 350 g/mol. The average Bonchev–Trinajstić information content (AvgIpc) is 2.74. The standard InChI is InChI=1S/C24H21NO3/c26-23(22(17-9-3-1-4-10-17)18-11-5-2-6-12-18)25-16-20-14-8-7-13-19(20)15-21(25)24(27)28/h1-14,21-22H,15-16H2,(H,27,28). The number of benzene rings is 3. The summed E-state index contributed by atoms with van der Waals surface area (Å²) >= 11 is 0. The summed E-state index contributed by atoms with van der Waals surface area (Å²) < 4.78 is 0. The molecule has 0 aromatic heterocycles. The van der Waals surface area contributed by atoms with Gasteiger partial charge in [-0.1, -0.05) is 84.9 Å². The highest BCUT2D eigenvalue weighted by molar-refractivity contribution is 5.91. The van der Waals surface area contributed by atoms with Gasteiger partial charge in [0.25, 0.3) is 0 Å². The molecule has 0 fully saturated rings. The van der Waals surface area contributed by atoms with Crippen molar-refractivity contribution in [1.29, 1.82) is 0 Å². The number of amides is 1. The van der Waals surface area contributed by atoms with Gasteiger partial charge in [-0.05, 0) is 22.3 Å². The van der Waals surface area contributed by atoms with E-state index >= 15 is 0 Å². The first-order valence-electron chi connectivity index (χ1n) is 9.35. The maximum atomic E-state index is 13.7. The topological polar surface area (TPSA) is 57.6 Å². The van der Waals surface area contributed by atoms with Crippen molar-refractivity contribution < 1.29 is 14.7 Å². The van der Waals surface area contributed by atoms with Crippen LogP contribution in [-0.4, -0.2) is 27.9 Å². The Kier molecular flexibility index (Phi) is 4.94. The van der Waals surface area contributed by atoms with E-state index in [4.69, 9.17) is 0 Å². The van der Waals surface area contributed by atoms with Crippen molar-refractivity contribution in [2.24, 2.45) is 0 Å². The highest BCUT2D eigenvalue weighted by Gasteiger charge is 2.38. The van der Waals surface area contributed by atoms with E-state index < -0.39 is 17.9 Å². The van der Waals surface area contributed by atoms with Gasteiger partial charge < -0.3 is 10.0 Å². The maximum Gasteiger partial charge on any atom is 0.326 e. The molecule has 1 unspecified atom stereocenters. The third kappa shape index (κ3) is 3.41. The highest BCUT2D eigenvalue weighted by atomic mass is 16.4. The van der Waals surface area contributed by atoms with E-state index in [2.05, 4.69) is 0 Å². The molecule has 0 radical (unpaired) electrons. The zero-order valence-corrected chi connectivity index (χ0v) is 15.4. The fourth-order valence-corrected chi connectivity index (χ4v) is 3.91. The van der Waals surface area contributed by atoms with Gasteiger partial charge in [0.05, 0.1) is 5.92 Å². The fourth-order valence-electron chi connectivity index (χ4n) is 3.91. The molecule has 28 heavy (non-hydrogen) atoms. The Balaban J connectivity index is 1.76. The fraction of sp³-hybridized carbons (Fsp3) is 0.167. The lowest BCUT2D eigenvalue weighted by Crippen LogP contribution is -2.50. The van der Waals surface area contributed by atoms with Crippen LogP contribution in [0.1, 0.15) is 28.2 Å². The molecule has 0 aliphatic carbocycles. The summed E-state index contributed by atoms with van der Waals surface area (Å²) in [6.45, 7) is 0.308. The van der Waals surface area contributed by atoms with Gasteiger partial charge in [0, 0.05) is 13.0 Å². The predicted molar refractivity (Wildman–Crippen MR) is 107 cm³/mol. The zero-order chi connectivity index (χ0) is 19.5. The average molecular weight is 371 g/mol. The van der Waals surface area contributed by atoms with Crippen LogP contribution in [0.15, 0.2) is 84.9 Å². The van der Waals surface area contributed by atoms with Crippen molar-refractivity contribution >= 4 is 11.9 Å². The van der Waals surface area contributed by atoms with Crippen LogP contribution in [0.5, 0.6) is 0 Å². The third-order valence-electron chi connectivity index (χ3n) is 5.33. The Bertz CT molecular complexity index is 946. The molecule has 0 saturated carbocycles. The number of carboxylic acid groups (broad SMARTS) is 1. The first-order valence-corrected chi connectivity index (χ1v) is 9.35. The van der Waals surface area contributed by atoms with Crippen LogP contribution >= 0.6 is 0 Å². The molecule has 1 N–H and O–H groups in total. The third-order valence-corrected chi connectivity index (χ3v) is 5.33. The highest BCUT2D eigenvalue weighted by Crippen LogP contribution is 2.31. The van der Waals surface area contributed by atoms with Crippen LogP contribution in [0.25, 0.3) is 0 Å². The molecule has 140 valence electrons. The first kappa shape index (κ1) is 18.0. The van der Waals surface area contributed by atoms with Crippen molar-refractivity contribution in [2.75, 3.05) is 0 Å². The van der Waals surface area contributed by atoms with Crippen molar-refractivity contribution in [3.8, 4) is 0 Å². The monoisotopic (exact) mass is 371 g/mol. The summed E-state index contributed by atoms with van der Waals surface area (Å²) in [5.74, 6) is -1.68. The lowest BCUT2D eigenvalue weighted by Gasteiger charge is -2.37. The minimum Gasteiger partial charge on any atom is -0.480 e. The first-order chi connectivity index (χ1) is 13.6. The van der Waals surface area contributed by atoms with E-state index in [9.17, 15) is 14.7 Å². The number of nitrogens with zero attached hydrogens (tertiary/aromatic N) is 1. The molecule has 1 heterocycles. The molecule has 1 aliphatic rings. The number of carbonyl (C=O) groups is 2. The van der Waals surface area contributed by atoms with Crippen LogP contribution < -0.4 is 0 Å². The number of aliphatic carboxylic acids is 1. The van der Waals surface area contributed by atoms with E-state index in [1.165, 1.54) is 4.90 Å². The van der Waals surface area contributed by atoms with E-state index in [0.29, 0.717) is 13.0 Å². The molecule has 4 rings (SSSR count). The minimum atomic E-state index is -0.970. The number of hydrogen-bond donors (Lipinski definition) is 1. The molecule has 1 aliphatic heterocycles. The maximum absolute atomic E-state index is 13.7. The van der Waals surface area contributed by atoms with Crippen LogP contribution in [0.3, 0.4) is 0 Å². The Morgan fingerprint density at radius 2 is 1.29 bits per heavy atom. The molecule has 3 aromatic carbocycles. The SMILES string of the molecule is O=C(O)C1Cc2ccccc2CN1C(=O)C(c1ccccc1)c1ccccc1. The zero-order valence-electron chi connectivity index (χ0n) is 15.4. The second-order valence-corrected chi connectivity index (χ2v) is 7.05. The largest absolute Gasteiger partial charge is 0.480 e. The van der Waals surface area contributed by atoms with Crippen molar-refractivity contribution in [3.05, 3.63) is 107 Å². The Morgan fingerprint density at radius 3 is 1.82 bits per heavy atom.